The Bertz CT molecular complexity index is 771. The highest BCUT2D eigenvalue weighted by Gasteiger charge is 2.23. The van der Waals surface area contributed by atoms with Gasteiger partial charge in [-0.15, -0.1) is 0 Å². The molecule has 2 fully saturated rings. The van der Waals surface area contributed by atoms with Crippen molar-refractivity contribution < 1.29 is 9.53 Å². The van der Waals surface area contributed by atoms with Gasteiger partial charge in [-0.2, -0.15) is 4.98 Å². The second-order valence-electron chi connectivity index (χ2n) is 7.26. The lowest BCUT2D eigenvalue weighted by molar-refractivity contribution is -0.136. The van der Waals surface area contributed by atoms with Crippen molar-refractivity contribution in [2.45, 2.75) is 19.4 Å². The minimum absolute atomic E-state index is 0.0519. The zero-order valence-electron chi connectivity index (χ0n) is 16.2. The number of rotatable bonds is 6. The van der Waals surface area contributed by atoms with E-state index in [-0.39, 0.29) is 12.5 Å². The van der Waals surface area contributed by atoms with E-state index in [2.05, 4.69) is 14.8 Å². The van der Waals surface area contributed by atoms with E-state index in [1.807, 2.05) is 47.5 Å². The molecule has 7 heteroatoms. The van der Waals surface area contributed by atoms with Gasteiger partial charge in [-0.1, -0.05) is 30.3 Å². The molecule has 0 radical (unpaired) electrons. The minimum Gasteiger partial charge on any atom is -0.367 e. The molecule has 2 aliphatic heterocycles. The number of hydrogen-bond acceptors (Lipinski definition) is 6. The Morgan fingerprint density at radius 2 is 1.68 bits per heavy atom. The fourth-order valence-electron chi connectivity index (χ4n) is 3.69. The summed E-state index contributed by atoms with van der Waals surface area (Å²) in [6.07, 6.45) is 4.26. The maximum atomic E-state index is 12.4. The predicted octanol–water partition coefficient (Wildman–Crippen LogP) is 1.94. The molecule has 2 saturated heterocycles. The SMILES string of the molecule is O=C(COCc1ccccc1)N1CCN(c2ccnc(N3CCCC3)n2)CC1. The third-order valence-electron chi connectivity index (χ3n) is 5.31. The summed E-state index contributed by atoms with van der Waals surface area (Å²) in [5, 5.41) is 0. The lowest BCUT2D eigenvalue weighted by Gasteiger charge is -2.35. The van der Waals surface area contributed by atoms with Crippen molar-refractivity contribution in [2.75, 3.05) is 55.7 Å². The van der Waals surface area contributed by atoms with Crippen LogP contribution in [0.15, 0.2) is 42.6 Å². The Kier molecular flexibility index (Phi) is 6.01. The fraction of sp³-hybridized carbons (Fsp3) is 0.476. The van der Waals surface area contributed by atoms with Crippen molar-refractivity contribution in [1.29, 1.82) is 0 Å². The zero-order valence-corrected chi connectivity index (χ0v) is 16.2. The molecule has 0 saturated carbocycles. The van der Waals surface area contributed by atoms with Gasteiger partial charge in [0.15, 0.2) is 0 Å². The van der Waals surface area contributed by atoms with Gasteiger partial charge in [-0.05, 0) is 24.5 Å². The Labute approximate surface area is 165 Å². The van der Waals surface area contributed by atoms with Crippen LogP contribution in [-0.4, -0.2) is 66.7 Å². The molecule has 1 amide bonds. The molecule has 0 spiro atoms. The van der Waals surface area contributed by atoms with E-state index >= 15 is 0 Å². The van der Waals surface area contributed by atoms with Crippen molar-refractivity contribution in [3.63, 3.8) is 0 Å². The highest BCUT2D eigenvalue weighted by atomic mass is 16.5. The number of anilines is 2. The number of hydrogen-bond donors (Lipinski definition) is 0. The van der Waals surface area contributed by atoms with Gasteiger partial charge in [-0.25, -0.2) is 4.98 Å². The van der Waals surface area contributed by atoms with Crippen LogP contribution in [0.3, 0.4) is 0 Å². The summed E-state index contributed by atoms with van der Waals surface area (Å²) in [6, 6.07) is 11.9. The van der Waals surface area contributed by atoms with Gasteiger partial charge in [0.1, 0.15) is 12.4 Å². The summed E-state index contributed by atoms with van der Waals surface area (Å²) in [7, 11) is 0. The molecule has 1 aromatic heterocycles. The molecule has 0 atom stereocenters. The van der Waals surface area contributed by atoms with Crippen LogP contribution < -0.4 is 9.80 Å². The molecular weight excluding hydrogens is 354 g/mol. The Morgan fingerprint density at radius 1 is 0.929 bits per heavy atom. The van der Waals surface area contributed by atoms with Gasteiger partial charge in [-0.3, -0.25) is 4.79 Å². The smallest absolute Gasteiger partial charge is 0.248 e. The van der Waals surface area contributed by atoms with Gasteiger partial charge in [0.2, 0.25) is 11.9 Å². The summed E-state index contributed by atoms with van der Waals surface area (Å²) in [5.41, 5.74) is 1.08. The van der Waals surface area contributed by atoms with E-state index in [0.29, 0.717) is 19.7 Å². The molecule has 0 bridgehead atoms. The molecule has 0 aliphatic carbocycles. The van der Waals surface area contributed by atoms with E-state index in [1.165, 1.54) is 12.8 Å². The number of benzene rings is 1. The maximum absolute atomic E-state index is 12.4. The normalized spacial score (nSPS) is 17.2. The number of aromatic nitrogens is 2. The first-order chi connectivity index (χ1) is 13.8. The molecule has 7 nitrogen and oxygen atoms in total. The van der Waals surface area contributed by atoms with Crippen LogP contribution in [0.4, 0.5) is 11.8 Å². The second kappa shape index (κ2) is 9.01. The van der Waals surface area contributed by atoms with Gasteiger partial charge in [0, 0.05) is 45.5 Å². The summed E-state index contributed by atoms with van der Waals surface area (Å²) in [5.74, 6) is 1.82. The lowest BCUT2D eigenvalue weighted by Crippen LogP contribution is -2.50. The average Bonchev–Trinajstić information content (AvgIpc) is 3.30. The van der Waals surface area contributed by atoms with Crippen LogP contribution in [0.2, 0.25) is 0 Å². The van der Waals surface area contributed by atoms with Crippen molar-refractivity contribution in [2.24, 2.45) is 0 Å². The lowest BCUT2D eigenvalue weighted by atomic mass is 10.2. The summed E-state index contributed by atoms with van der Waals surface area (Å²) in [4.78, 5) is 27.9. The molecule has 0 N–H and O–H groups in total. The van der Waals surface area contributed by atoms with Crippen LogP contribution in [-0.2, 0) is 16.1 Å². The Morgan fingerprint density at radius 3 is 2.43 bits per heavy atom. The first kappa shape index (κ1) is 18.7. The number of carbonyl (C=O) groups is 1. The maximum Gasteiger partial charge on any atom is 0.248 e. The Hall–Kier alpha value is -2.67. The highest BCUT2D eigenvalue weighted by molar-refractivity contribution is 5.77. The fourth-order valence-corrected chi connectivity index (χ4v) is 3.69. The van der Waals surface area contributed by atoms with Crippen LogP contribution in [0, 0.1) is 0 Å². The van der Waals surface area contributed by atoms with E-state index in [1.54, 1.807) is 0 Å². The van der Waals surface area contributed by atoms with Crippen molar-refractivity contribution in [3.05, 3.63) is 48.2 Å². The van der Waals surface area contributed by atoms with E-state index < -0.39 is 0 Å². The predicted molar refractivity (Wildman–Crippen MR) is 108 cm³/mol. The van der Waals surface area contributed by atoms with Gasteiger partial charge in [0.25, 0.3) is 0 Å². The van der Waals surface area contributed by atoms with Gasteiger partial charge >= 0.3 is 0 Å². The standard InChI is InChI=1S/C21H27N5O2/c27-20(17-28-16-18-6-2-1-3-7-18)25-14-12-24(13-15-25)19-8-9-22-21(23-19)26-10-4-5-11-26/h1-3,6-9H,4-5,10-17H2. The first-order valence-corrected chi connectivity index (χ1v) is 10.0. The molecule has 2 aromatic rings. The van der Waals surface area contributed by atoms with Crippen LogP contribution >= 0.6 is 0 Å². The van der Waals surface area contributed by atoms with E-state index in [9.17, 15) is 4.79 Å². The van der Waals surface area contributed by atoms with Gasteiger partial charge in [0.05, 0.1) is 6.61 Å². The van der Waals surface area contributed by atoms with Crippen molar-refractivity contribution in [1.82, 2.24) is 14.9 Å². The van der Waals surface area contributed by atoms with E-state index in [4.69, 9.17) is 9.72 Å². The van der Waals surface area contributed by atoms with E-state index in [0.717, 1.165) is 43.5 Å². The monoisotopic (exact) mass is 381 g/mol. The Balaban J connectivity index is 1.25. The molecular formula is C21H27N5O2. The summed E-state index contributed by atoms with van der Waals surface area (Å²) < 4.78 is 5.59. The number of amides is 1. The average molecular weight is 381 g/mol. The molecule has 4 rings (SSSR count). The summed E-state index contributed by atoms with van der Waals surface area (Å²) in [6.45, 7) is 5.60. The van der Waals surface area contributed by atoms with Crippen molar-refractivity contribution >= 4 is 17.7 Å². The third-order valence-corrected chi connectivity index (χ3v) is 5.31. The molecule has 148 valence electrons. The number of piperazine rings is 1. The molecule has 2 aliphatic rings. The van der Waals surface area contributed by atoms with Crippen LogP contribution in [0.5, 0.6) is 0 Å². The topological polar surface area (TPSA) is 61.8 Å². The van der Waals surface area contributed by atoms with Gasteiger partial charge < -0.3 is 19.4 Å². The third kappa shape index (κ3) is 4.59. The zero-order chi connectivity index (χ0) is 19.2. The minimum atomic E-state index is 0.0519. The number of nitrogens with zero attached hydrogens (tertiary/aromatic N) is 5. The quantitative estimate of drug-likeness (QED) is 0.762. The van der Waals surface area contributed by atoms with Crippen molar-refractivity contribution in [3.8, 4) is 0 Å². The second-order valence-corrected chi connectivity index (χ2v) is 7.26. The summed E-state index contributed by atoms with van der Waals surface area (Å²) >= 11 is 0. The molecule has 1 aromatic carbocycles. The largest absolute Gasteiger partial charge is 0.367 e. The van der Waals surface area contributed by atoms with Crippen LogP contribution in [0.25, 0.3) is 0 Å². The number of ether oxygens (including phenoxy) is 1. The molecule has 0 unspecified atom stereocenters. The number of carbonyl (C=O) groups excluding carboxylic acids is 1. The molecule has 28 heavy (non-hydrogen) atoms. The van der Waals surface area contributed by atoms with Crippen LogP contribution in [0.1, 0.15) is 18.4 Å². The molecule has 3 heterocycles. The highest BCUT2D eigenvalue weighted by Crippen LogP contribution is 2.20. The first-order valence-electron chi connectivity index (χ1n) is 10.0.